The lowest BCUT2D eigenvalue weighted by Gasteiger charge is -2.08. The van der Waals surface area contributed by atoms with E-state index in [0.717, 1.165) is 17.1 Å². The van der Waals surface area contributed by atoms with Crippen LogP contribution in [0.4, 0.5) is 0 Å². The first-order valence-electron chi connectivity index (χ1n) is 6.66. The minimum absolute atomic E-state index is 0.104. The van der Waals surface area contributed by atoms with E-state index in [2.05, 4.69) is 18.8 Å². The Morgan fingerprint density at radius 1 is 1.32 bits per heavy atom. The Bertz CT molecular complexity index is 432. The summed E-state index contributed by atoms with van der Waals surface area (Å²) in [4.78, 5) is 0. The Morgan fingerprint density at radius 3 is 2.84 bits per heavy atom. The Morgan fingerprint density at radius 2 is 2.16 bits per heavy atom. The van der Waals surface area contributed by atoms with Crippen LogP contribution in [-0.2, 0) is 5.75 Å². The number of aliphatic hydroxyl groups is 1. The first-order chi connectivity index (χ1) is 9.31. The third-order valence-corrected chi connectivity index (χ3v) is 3.83. The largest absolute Gasteiger partial charge is 0.496 e. The molecule has 0 saturated carbocycles. The van der Waals surface area contributed by atoms with Gasteiger partial charge in [0.25, 0.3) is 0 Å². The lowest BCUT2D eigenvalue weighted by molar-refractivity contribution is 0.350. The van der Waals surface area contributed by atoms with Crippen molar-refractivity contribution in [1.29, 1.82) is 0 Å². The minimum Gasteiger partial charge on any atom is -0.496 e. The molecule has 0 fully saturated rings. The van der Waals surface area contributed by atoms with E-state index in [9.17, 15) is 0 Å². The number of thioether (sulfide) groups is 1. The summed E-state index contributed by atoms with van der Waals surface area (Å²) < 4.78 is 5.37. The Hall–Kier alpha value is -1.11. The van der Waals surface area contributed by atoms with Crippen LogP contribution in [0.15, 0.2) is 18.2 Å². The van der Waals surface area contributed by atoms with Gasteiger partial charge in [0.2, 0.25) is 0 Å². The molecule has 0 aliphatic rings. The fraction of sp³-hybridized carbons (Fsp3) is 0.500. The van der Waals surface area contributed by atoms with Gasteiger partial charge in [-0.1, -0.05) is 31.6 Å². The van der Waals surface area contributed by atoms with Gasteiger partial charge in [0, 0.05) is 16.9 Å². The SMILES string of the molecule is CCCCCSCc1cc(C#CCO)ccc1OC. The molecule has 0 bridgehead atoms. The predicted octanol–water partition coefficient (Wildman–Crippen LogP) is 3.46. The number of benzene rings is 1. The quantitative estimate of drug-likeness (QED) is 0.612. The van der Waals surface area contributed by atoms with Gasteiger partial charge in [0.1, 0.15) is 12.4 Å². The molecule has 0 saturated heterocycles. The molecule has 0 aromatic heterocycles. The maximum Gasteiger partial charge on any atom is 0.122 e. The Labute approximate surface area is 120 Å². The third kappa shape index (κ3) is 6.04. The molecule has 0 unspecified atom stereocenters. The van der Waals surface area contributed by atoms with E-state index in [1.54, 1.807) is 7.11 Å². The van der Waals surface area contributed by atoms with Crippen LogP contribution < -0.4 is 4.74 Å². The zero-order valence-corrected chi connectivity index (χ0v) is 12.6. The summed E-state index contributed by atoms with van der Waals surface area (Å²) in [6, 6.07) is 5.92. The van der Waals surface area contributed by atoms with Crippen LogP contribution in [-0.4, -0.2) is 24.6 Å². The van der Waals surface area contributed by atoms with Crippen molar-refractivity contribution in [2.75, 3.05) is 19.5 Å². The van der Waals surface area contributed by atoms with Gasteiger partial charge in [-0.3, -0.25) is 0 Å². The van der Waals surface area contributed by atoms with Crippen LogP contribution in [0.2, 0.25) is 0 Å². The molecule has 0 amide bonds. The molecule has 1 N–H and O–H groups in total. The second-order valence-corrected chi connectivity index (χ2v) is 5.35. The maximum atomic E-state index is 8.72. The molecule has 1 aromatic rings. The van der Waals surface area contributed by atoms with Crippen LogP contribution >= 0.6 is 11.8 Å². The lowest BCUT2D eigenvalue weighted by atomic mass is 10.1. The highest BCUT2D eigenvalue weighted by molar-refractivity contribution is 7.98. The van der Waals surface area contributed by atoms with Crippen LogP contribution in [0, 0.1) is 11.8 Å². The van der Waals surface area contributed by atoms with E-state index < -0.39 is 0 Å². The van der Waals surface area contributed by atoms with Crippen molar-refractivity contribution in [3.8, 4) is 17.6 Å². The summed E-state index contributed by atoms with van der Waals surface area (Å²) in [5.41, 5.74) is 2.10. The first kappa shape index (κ1) is 15.9. The van der Waals surface area contributed by atoms with Crippen molar-refractivity contribution in [1.82, 2.24) is 0 Å². The van der Waals surface area contributed by atoms with Crippen molar-refractivity contribution in [3.63, 3.8) is 0 Å². The highest BCUT2D eigenvalue weighted by atomic mass is 32.2. The van der Waals surface area contributed by atoms with E-state index >= 15 is 0 Å². The molecule has 0 radical (unpaired) electrons. The van der Waals surface area contributed by atoms with E-state index in [4.69, 9.17) is 9.84 Å². The second-order valence-electron chi connectivity index (χ2n) is 4.25. The van der Waals surface area contributed by atoms with Crippen molar-refractivity contribution in [2.45, 2.75) is 31.9 Å². The van der Waals surface area contributed by atoms with Gasteiger partial charge in [-0.15, -0.1) is 0 Å². The first-order valence-corrected chi connectivity index (χ1v) is 7.81. The zero-order chi connectivity index (χ0) is 13.9. The van der Waals surface area contributed by atoms with E-state index in [1.807, 2.05) is 30.0 Å². The van der Waals surface area contributed by atoms with Gasteiger partial charge in [-0.2, -0.15) is 11.8 Å². The highest BCUT2D eigenvalue weighted by Crippen LogP contribution is 2.25. The maximum absolute atomic E-state index is 8.72. The summed E-state index contributed by atoms with van der Waals surface area (Å²) in [6.07, 6.45) is 3.83. The van der Waals surface area contributed by atoms with Crippen LogP contribution in [0.5, 0.6) is 5.75 Å². The minimum atomic E-state index is -0.104. The molecular weight excluding hydrogens is 256 g/mol. The number of methoxy groups -OCH3 is 1. The molecule has 2 nitrogen and oxygen atoms in total. The summed E-state index contributed by atoms with van der Waals surface area (Å²) in [6.45, 7) is 2.12. The second kappa shape index (κ2) is 9.77. The summed E-state index contributed by atoms with van der Waals surface area (Å²) in [7, 11) is 1.69. The number of rotatable bonds is 7. The lowest BCUT2D eigenvalue weighted by Crippen LogP contribution is -1.92. The number of aliphatic hydroxyl groups excluding tert-OH is 1. The molecule has 3 heteroatoms. The highest BCUT2D eigenvalue weighted by Gasteiger charge is 2.04. The molecule has 0 spiro atoms. The number of hydrogen-bond acceptors (Lipinski definition) is 3. The molecule has 0 heterocycles. The fourth-order valence-corrected chi connectivity index (χ4v) is 2.75. The van der Waals surface area contributed by atoms with E-state index in [0.29, 0.717) is 0 Å². The van der Waals surface area contributed by atoms with Gasteiger partial charge in [-0.05, 0) is 30.4 Å². The van der Waals surface area contributed by atoms with Crippen molar-refractivity contribution in [3.05, 3.63) is 29.3 Å². The monoisotopic (exact) mass is 278 g/mol. The summed E-state index contributed by atoms with van der Waals surface area (Å²) >= 11 is 1.93. The average molecular weight is 278 g/mol. The molecule has 104 valence electrons. The molecular formula is C16H22O2S. The fourth-order valence-electron chi connectivity index (χ4n) is 1.75. The van der Waals surface area contributed by atoms with Crippen LogP contribution in [0.25, 0.3) is 0 Å². The van der Waals surface area contributed by atoms with Crippen molar-refractivity contribution >= 4 is 11.8 Å². The Kier molecular flexibility index (Phi) is 8.20. The van der Waals surface area contributed by atoms with E-state index in [-0.39, 0.29) is 6.61 Å². The topological polar surface area (TPSA) is 29.5 Å². The number of unbranched alkanes of at least 4 members (excludes halogenated alkanes) is 2. The van der Waals surface area contributed by atoms with Gasteiger partial charge in [-0.25, -0.2) is 0 Å². The normalized spacial score (nSPS) is 9.84. The smallest absolute Gasteiger partial charge is 0.122 e. The molecule has 0 aliphatic carbocycles. The van der Waals surface area contributed by atoms with Crippen molar-refractivity contribution < 1.29 is 9.84 Å². The molecule has 1 rings (SSSR count). The molecule has 19 heavy (non-hydrogen) atoms. The zero-order valence-electron chi connectivity index (χ0n) is 11.7. The van der Waals surface area contributed by atoms with E-state index in [1.165, 1.54) is 30.6 Å². The van der Waals surface area contributed by atoms with Gasteiger partial charge < -0.3 is 9.84 Å². The predicted molar refractivity (Wildman–Crippen MR) is 82.6 cm³/mol. The number of ether oxygens (including phenoxy) is 1. The van der Waals surface area contributed by atoms with Gasteiger partial charge in [0.05, 0.1) is 7.11 Å². The van der Waals surface area contributed by atoms with Crippen LogP contribution in [0.1, 0.15) is 37.3 Å². The van der Waals surface area contributed by atoms with Gasteiger partial charge >= 0.3 is 0 Å². The van der Waals surface area contributed by atoms with Crippen molar-refractivity contribution in [2.24, 2.45) is 0 Å². The summed E-state index contributed by atoms with van der Waals surface area (Å²) in [5, 5.41) is 8.72. The standard InChI is InChI=1S/C16H22O2S/c1-3-4-5-11-19-13-15-12-14(7-6-10-17)8-9-16(15)18-2/h8-9,12,17H,3-5,10-11,13H2,1-2H3. The molecule has 0 aliphatic heterocycles. The molecule has 0 atom stereocenters. The van der Waals surface area contributed by atoms with Crippen LogP contribution in [0.3, 0.4) is 0 Å². The third-order valence-electron chi connectivity index (χ3n) is 2.74. The average Bonchev–Trinajstić information content (AvgIpc) is 2.45. The number of hydrogen-bond donors (Lipinski definition) is 1. The molecule has 1 aromatic carbocycles. The summed E-state index contributed by atoms with van der Waals surface area (Å²) in [5.74, 6) is 8.65. The Balaban J connectivity index is 2.62. The van der Waals surface area contributed by atoms with Gasteiger partial charge in [0.15, 0.2) is 0 Å².